The van der Waals surface area contributed by atoms with Crippen LogP contribution in [-0.2, 0) is 11.3 Å². The number of carboxylic acid groups (broad SMARTS) is 1. The lowest BCUT2D eigenvalue weighted by molar-refractivity contribution is 0.0662. The van der Waals surface area contributed by atoms with Gasteiger partial charge in [-0.1, -0.05) is 18.2 Å². The Bertz CT molecular complexity index is 592. The molecule has 1 unspecified atom stereocenters. The molecule has 3 N–H and O–H groups in total. The fraction of sp³-hybridized carbons (Fsp3) is 0.357. The number of hydrogen-bond donors (Lipinski definition) is 3. The molecule has 1 atom stereocenters. The molecule has 0 aliphatic carbocycles. The standard InChI is InChI=1S/C14H17NO5/c1-19-8-9(7-16)15-6-11-10-4-2-3-5-12(10)20-13(11)14(17)18/h2-5,9,15-16H,6-8H2,1H3,(H,17,18). The smallest absolute Gasteiger partial charge is 0.372 e. The first kappa shape index (κ1) is 14.5. The van der Waals surface area contributed by atoms with E-state index in [9.17, 15) is 15.0 Å². The average molecular weight is 279 g/mol. The number of hydrogen-bond acceptors (Lipinski definition) is 5. The maximum Gasteiger partial charge on any atom is 0.372 e. The van der Waals surface area contributed by atoms with Gasteiger partial charge in [0.1, 0.15) is 5.58 Å². The van der Waals surface area contributed by atoms with E-state index < -0.39 is 5.97 Å². The molecule has 0 radical (unpaired) electrons. The van der Waals surface area contributed by atoms with E-state index in [1.165, 1.54) is 0 Å². The highest BCUT2D eigenvalue weighted by atomic mass is 16.5. The van der Waals surface area contributed by atoms with Gasteiger partial charge in [-0.15, -0.1) is 0 Å². The topological polar surface area (TPSA) is 91.9 Å². The number of aliphatic hydroxyl groups excluding tert-OH is 1. The zero-order valence-corrected chi connectivity index (χ0v) is 11.1. The fourth-order valence-corrected chi connectivity index (χ4v) is 2.07. The lowest BCUT2D eigenvalue weighted by Gasteiger charge is -2.14. The summed E-state index contributed by atoms with van der Waals surface area (Å²) in [7, 11) is 1.54. The predicted octanol–water partition coefficient (Wildman–Crippen LogP) is 1.23. The second-order valence-electron chi connectivity index (χ2n) is 4.43. The van der Waals surface area contributed by atoms with E-state index in [1.807, 2.05) is 12.1 Å². The minimum atomic E-state index is -1.11. The van der Waals surface area contributed by atoms with Gasteiger partial charge in [-0.2, -0.15) is 0 Å². The molecule has 1 heterocycles. The summed E-state index contributed by atoms with van der Waals surface area (Å²) in [6.45, 7) is 0.536. The predicted molar refractivity (Wildman–Crippen MR) is 72.8 cm³/mol. The van der Waals surface area contributed by atoms with Crippen molar-refractivity contribution in [2.45, 2.75) is 12.6 Å². The van der Waals surface area contributed by atoms with E-state index in [0.717, 1.165) is 5.39 Å². The van der Waals surface area contributed by atoms with Crippen molar-refractivity contribution in [3.05, 3.63) is 35.6 Å². The number of rotatable bonds is 7. The average Bonchev–Trinajstić information content (AvgIpc) is 2.82. The van der Waals surface area contributed by atoms with Crippen molar-refractivity contribution in [1.29, 1.82) is 0 Å². The maximum absolute atomic E-state index is 11.2. The van der Waals surface area contributed by atoms with Gasteiger partial charge < -0.3 is 24.7 Å². The number of carbonyl (C=O) groups is 1. The Labute approximate surface area is 116 Å². The molecule has 0 saturated carbocycles. The molecule has 108 valence electrons. The van der Waals surface area contributed by atoms with Crippen molar-refractivity contribution in [1.82, 2.24) is 5.32 Å². The number of aromatic carboxylic acids is 1. The SMILES string of the molecule is COCC(CO)NCc1c(C(=O)O)oc2ccccc12. The number of furan rings is 1. The van der Waals surface area contributed by atoms with Gasteiger partial charge in [0.2, 0.25) is 5.76 Å². The monoisotopic (exact) mass is 279 g/mol. The number of methoxy groups -OCH3 is 1. The zero-order chi connectivity index (χ0) is 14.5. The van der Waals surface area contributed by atoms with Crippen molar-refractivity contribution in [2.24, 2.45) is 0 Å². The van der Waals surface area contributed by atoms with Crippen LogP contribution >= 0.6 is 0 Å². The van der Waals surface area contributed by atoms with Crippen molar-refractivity contribution < 1.29 is 24.2 Å². The van der Waals surface area contributed by atoms with Crippen LogP contribution in [0.25, 0.3) is 11.0 Å². The van der Waals surface area contributed by atoms with Crippen molar-refractivity contribution in [2.75, 3.05) is 20.3 Å². The van der Waals surface area contributed by atoms with E-state index in [0.29, 0.717) is 17.8 Å². The summed E-state index contributed by atoms with van der Waals surface area (Å²) < 4.78 is 10.3. The zero-order valence-electron chi connectivity index (χ0n) is 11.1. The lowest BCUT2D eigenvalue weighted by atomic mass is 10.1. The Balaban J connectivity index is 2.27. The third-order valence-corrected chi connectivity index (χ3v) is 3.05. The fourth-order valence-electron chi connectivity index (χ4n) is 2.07. The second-order valence-corrected chi connectivity index (χ2v) is 4.43. The summed E-state index contributed by atoms with van der Waals surface area (Å²) in [5.41, 5.74) is 1.11. The van der Waals surface area contributed by atoms with Gasteiger partial charge in [-0.3, -0.25) is 0 Å². The molecule has 0 aliphatic heterocycles. The molecule has 0 amide bonds. The van der Waals surface area contributed by atoms with E-state index in [4.69, 9.17) is 9.15 Å². The summed E-state index contributed by atoms with van der Waals surface area (Å²) in [5, 5.41) is 22.2. The Morgan fingerprint density at radius 3 is 2.85 bits per heavy atom. The van der Waals surface area contributed by atoms with E-state index in [1.54, 1.807) is 19.2 Å². The summed E-state index contributed by atoms with van der Waals surface area (Å²) in [5.74, 6) is -1.18. The number of fused-ring (bicyclic) bond motifs is 1. The Hall–Kier alpha value is -1.89. The Kier molecular flexibility index (Phi) is 4.73. The number of nitrogens with one attached hydrogen (secondary N) is 1. The first-order valence-electron chi connectivity index (χ1n) is 6.24. The largest absolute Gasteiger partial charge is 0.475 e. The van der Waals surface area contributed by atoms with Crippen LogP contribution in [0.2, 0.25) is 0 Å². The molecule has 0 saturated heterocycles. The van der Waals surface area contributed by atoms with Crippen molar-refractivity contribution >= 4 is 16.9 Å². The molecule has 6 nitrogen and oxygen atoms in total. The summed E-state index contributed by atoms with van der Waals surface area (Å²) in [6.07, 6.45) is 0. The molecule has 0 fully saturated rings. The summed E-state index contributed by atoms with van der Waals surface area (Å²) >= 11 is 0. The molecule has 1 aromatic heterocycles. The van der Waals surface area contributed by atoms with Crippen LogP contribution < -0.4 is 5.32 Å². The van der Waals surface area contributed by atoms with Gasteiger partial charge in [0, 0.05) is 24.6 Å². The highest BCUT2D eigenvalue weighted by molar-refractivity contribution is 5.95. The van der Waals surface area contributed by atoms with Crippen molar-refractivity contribution in [3.8, 4) is 0 Å². The number of aliphatic hydroxyl groups is 1. The van der Waals surface area contributed by atoms with Gasteiger partial charge in [0.25, 0.3) is 0 Å². The first-order valence-corrected chi connectivity index (χ1v) is 6.24. The Morgan fingerprint density at radius 1 is 1.45 bits per heavy atom. The van der Waals surface area contributed by atoms with Gasteiger partial charge in [0.15, 0.2) is 0 Å². The summed E-state index contributed by atoms with van der Waals surface area (Å²) in [4.78, 5) is 11.2. The third kappa shape index (κ3) is 2.98. The van der Waals surface area contributed by atoms with E-state index in [-0.39, 0.29) is 25.0 Å². The van der Waals surface area contributed by atoms with Crippen LogP contribution in [0.5, 0.6) is 0 Å². The van der Waals surface area contributed by atoms with Crippen LogP contribution in [0, 0.1) is 0 Å². The molecular weight excluding hydrogens is 262 g/mol. The van der Waals surface area contributed by atoms with Crippen LogP contribution in [0.1, 0.15) is 16.1 Å². The van der Waals surface area contributed by atoms with Crippen LogP contribution in [0.15, 0.2) is 28.7 Å². The van der Waals surface area contributed by atoms with Gasteiger partial charge in [0.05, 0.1) is 19.3 Å². The second kappa shape index (κ2) is 6.51. The molecule has 6 heteroatoms. The molecular formula is C14H17NO5. The van der Waals surface area contributed by atoms with Crippen LogP contribution in [0.4, 0.5) is 0 Å². The molecule has 0 bridgehead atoms. The van der Waals surface area contributed by atoms with Crippen molar-refractivity contribution in [3.63, 3.8) is 0 Å². The summed E-state index contributed by atoms with van der Waals surface area (Å²) in [6, 6.07) is 6.90. The normalized spacial score (nSPS) is 12.7. The van der Waals surface area contributed by atoms with Gasteiger partial charge >= 0.3 is 5.97 Å². The number of para-hydroxylation sites is 1. The quantitative estimate of drug-likeness (QED) is 0.706. The molecule has 0 spiro atoms. The number of ether oxygens (including phenoxy) is 1. The first-order chi connectivity index (χ1) is 9.67. The molecule has 2 rings (SSSR count). The lowest BCUT2D eigenvalue weighted by Crippen LogP contribution is -2.36. The Morgan fingerprint density at radius 2 is 2.20 bits per heavy atom. The van der Waals surface area contributed by atoms with Crippen LogP contribution in [-0.4, -0.2) is 42.5 Å². The third-order valence-electron chi connectivity index (χ3n) is 3.05. The molecule has 20 heavy (non-hydrogen) atoms. The molecule has 0 aliphatic rings. The van der Waals surface area contributed by atoms with Gasteiger partial charge in [-0.05, 0) is 6.07 Å². The molecule has 2 aromatic rings. The highest BCUT2D eigenvalue weighted by Gasteiger charge is 2.20. The van der Waals surface area contributed by atoms with Gasteiger partial charge in [-0.25, -0.2) is 4.79 Å². The highest BCUT2D eigenvalue weighted by Crippen LogP contribution is 2.25. The minimum absolute atomic E-state index is 0.0761. The van der Waals surface area contributed by atoms with E-state index in [2.05, 4.69) is 5.32 Å². The number of benzene rings is 1. The maximum atomic E-state index is 11.2. The minimum Gasteiger partial charge on any atom is -0.475 e. The number of carboxylic acids is 1. The van der Waals surface area contributed by atoms with Crippen LogP contribution in [0.3, 0.4) is 0 Å². The van der Waals surface area contributed by atoms with E-state index >= 15 is 0 Å². The molecule has 1 aromatic carbocycles.